The van der Waals surface area contributed by atoms with Gasteiger partial charge in [0.1, 0.15) is 5.78 Å². The van der Waals surface area contributed by atoms with E-state index in [1.165, 1.54) is 0 Å². The molecular formula is C13H16ClNO. The summed E-state index contributed by atoms with van der Waals surface area (Å²) in [5.41, 5.74) is 0.620. The lowest BCUT2D eigenvalue weighted by Crippen LogP contribution is -2.44. The van der Waals surface area contributed by atoms with Gasteiger partial charge in [-0.2, -0.15) is 0 Å². The van der Waals surface area contributed by atoms with Gasteiger partial charge in [0.15, 0.2) is 0 Å². The molecule has 2 rings (SSSR count). The van der Waals surface area contributed by atoms with Crippen LogP contribution in [0.25, 0.3) is 0 Å². The Morgan fingerprint density at radius 3 is 2.50 bits per heavy atom. The van der Waals surface area contributed by atoms with Crippen LogP contribution >= 0.6 is 11.6 Å². The van der Waals surface area contributed by atoms with E-state index < -0.39 is 0 Å². The molecule has 0 aliphatic carbocycles. The standard InChI is InChI=1S/C13H16ClNO/c1-10(16)13(6-8-15-9-7-13)11-4-2-3-5-12(11)14/h2-5,15H,6-9H2,1H3. The maximum atomic E-state index is 12.0. The molecule has 1 fully saturated rings. The van der Waals surface area contributed by atoms with Crippen LogP contribution < -0.4 is 5.32 Å². The molecule has 2 nitrogen and oxygen atoms in total. The van der Waals surface area contributed by atoms with Crippen LogP contribution in [-0.2, 0) is 10.2 Å². The minimum absolute atomic E-state index is 0.224. The molecule has 86 valence electrons. The van der Waals surface area contributed by atoms with Crippen LogP contribution in [0.1, 0.15) is 25.3 Å². The van der Waals surface area contributed by atoms with Gasteiger partial charge < -0.3 is 5.32 Å². The molecule has 0 atom stereocenters. The monoisotopic (exact) mass is 237 g/mol. The van der Waals surface area contributed by atoms with Gasteiger partial charge in [0.05, 0.1) is 5.41 Å². The maximum Gasteiger partial charge on any atom is 0.140 e. The second-order valence-electron chi connectivity index (χ2n) is 4.37. The van der Waals surface area contributed by atoms with E-state index in [9.17, 15) is 4.79 Å². The number of hydrogen-bond acceptors (Lipinski definition) is 2. The fourth-order valence-electron chi connectivity index (χ4n) is 2.51. The van der Waals surface area contributed by atoms with Crippen molar-refractivity contribution < 1.29 is 4.79 Å². The van der Waals surface area contributed by atoms with Gasteiger partial charge in [-0.1, -0.05) is 29.8 Å². The van der Waals surface area contributed by atoms with E-state index in [4.69, 9.17) is 11.6 Å². The first-order chi connectivity index (χ1) is 7.67. The molecule has 0 amide bonds. The molecule has 0 spiro atoms. The molecule has 3 heteroatoms. The number of piperidine rings is 1. The Balaban J connectivity index is 2.47. The van der Waals surface area contributed by atoms with Crippen LogP contribution in [0.2, 0.25) is 5.02 Å². The highest BCUT2D eigenvalue weighted by atomic mass is 35.5. The number of nitrogens with one attached hydrogen (secondary N) is 1. The Kier molecular flexibility index (Phi) is 3.31. The van der Waals surface area contributed by atoms with Crippen molar-refractivity contribution in [2.45, 2.75) is 25.2 Å². The summed E-state index contributed by atoms with van der Waals surface area (Å²) in [6.45, 7) is 3.43. The second-order valence-corrected chi connectivity index (χ2v) is 4.78. The fourth-order valence-corrected chi connectivity index (χ4v) is 2.83. The van der Waals surface area contributed by atoms with Crippen LogP contribution in [0.3, 0.4) is 0 Å². The predicted molar refractivity (Wildman–Crippen MR) is 65.9 cm³/mol. The minimum Gasteiger partial charge on any atom is -0.317 e. The molecule has 1 N–H and O–H groups in total. The lowest BCUT2D eigenvalue weighted by molar-refractivity contribution is -0.123. The molecule has 1 heterocycles. The van der Waals surface area contributed by atoms with Gasteiger partial charge >= 0.3 is 0 Å². The average molecular weight is 238 g/mol. The minimum atomic E-state index is -0.371. The summed E-state index contributed by atoms with van der Waals surface area (Å²) >= 11 is 6.22. The molecule has 1 aliphatic rings. The number of benzene rings is 1. The maximum absolute atomic E-state index is 12.0. The Morgan fingerprint density at radius 2 is 1.94 bits per heavy atom. The zero-order valence-corrected chi connectivity index (χ0v) is 10.2. The number of hydrogen-bond donors (Lipinski definition) is 1. The van der Waals surface area contributed by atoms with E-state index in [-0.39, 0.29) is 11.2 Å². The van der Waals surface area contributed by atoms with Crippen molar-refractivity contribution in [3.05, 3.63) is 34.9 Å². The molecule has 16 heavy (non-hydrogen) atoms. The van der Waals surface area contributed by atoms with E-state index in [1.807, 2.05) is 24.3 Å². The lowest BCUT2D eigenvalue weighted by atomic mass is 9.70. The number of Topliss-reactive ketones (excluding diaryl/α,β-unsaturated/α-hetero) is 1. The third kappa shape index (κ3) is 1.87. The molecular weight excluding hydrogens is 222 g/mol. The zero-order valence-electron chi connectivity index (χ0n) is 9.42. The average Bonchev–Trinajstić information content (AvgIpc) is 2.30. The number of halogens is 1. The number of carbonyl (C=O) groups excluding carboxylic acids is 1. The van der Waals surface area contributed by atoms with Gasteiger partial charge in [-0.3, -0.25) is 4.79 Å². The van der Waals surface area contributed by atoms with Crippen LogP contribution in [0.15, 0.2) is 24.3 Å². The third-order valence-electron chi connectivity index (χ3n) is 3.52. The van der Waals surface area contributed by atoms with Crippen molar-refractivity contribution in [2.24, 2.45) is 0 Å². The van der Waals surface area contributed by atoms with Crippen molar-refractivity contribution >= 4 is 17.4 Å². The van der Waals surface area contributed by atoms with Gasteiger partial charge in [-0.15, -0.1) is 0 Å². The first kappa shape index (κ1) is 11.6. The lowest BCUT2D eigenvalue weighted by Gasteiger charge is -2.36. The summed E-state index contributed by atoms with van der Waals surface area (Å²) in [6, 6.07) is 7.70. The summed E-state index contributed by atoms with van der Waals surface area (Å²) in [4.78, 5) is 12.0. The van der Waals surface area contributed by atoms with E-state index in [2.05, 4.69) is 5.32 Å². The molecule has 0 saturated carbocycles. The van der Waals surface area contributed by atoms with Crippen LogP contribution in [0.5, 0.6) is 0 Å². The normalized spacial score (nSPS) is 19.4. The number of carbonyl (C=O) groups is 1. The van der Waals surface area contributed by atoms with E-state index in [0.29, 0.717) is 5.02 Å². The predicted octanol–water partition coefficient (Wildman–Crippen LogP) is 2.55. The van der Waals surface area contributed by atoms with Gasteiger partial charge in [0, 0.05) is 5.02 Å². The van der Waals surface area contributed by atoms with Gasteiger partial charge in [0.25, 0.3) is 0 Å². The number of ketones is 1. The Hall–Kier alpha value is -0.860. The van der Waals surface area contributed by atoms with Crippen LogP contribution in [-0.4, -0.2) is 18.9 Å². The van der Waals surface area contributed by atoms with Crippen molar-refractivity contribution in [1.29, 1.82) is 0 Å². The van der Waals surface area contributed by atoms with Crippen molar-refractivity contribution in [3.63, 3.8) is 0 Å². The largest absolute Gasteiger partial charge is 0.317 e. The molecule has 0 bridgehead atoms. The van der Waals surface area contributed by atoms with Gasteiger partial charge in [-0.25, -0.2) is 0 Å². The van der Waals surface area contributed by atoms with Gasteiger partial charge in [0.2, 0.25) is 0 Å². The second kappa shape index (κ2) is 4.56. The zero-order chi connectivity index (χ0) is 11.6. The molecule has 1 aromatic carbocycles. The first-order valence-corrected chi connectivity index (χ1v) is 6.01. The van der Waals surface area contributed by atoms with Crippen LogP contribution in [0.4, 0.5) is 0 Å². The summed E-state index contributed by atoms with van der Waals surface area (Å²) < 4.78 is 0. The number of rotatable bonds is 2. The van der Waals surface area contributed by atoms with Gasteiger partial charge in [-0.05, 0) is 44.5 Å². The highest BCUT2D eigenvalue weighted by molar-refractivity contribution is 6.31. The third-order valence-corrected chi connectivity index (χ3v) is 3.85. The summed E-state index contributed by atoms with van der Waals surface area (Å²) in [5, 5.41) is 4.00. The highest BCUT2D eigenvalue weighted by Gasteiger charge is 2.39. The topological polar surface area (TPSA) is 29.1 Å². The fraction of sp³-hybridized carbons (Fsp3) is 0.462. The highest BCUT2D eigenvalue weighted by Crippen LogP contribution is 2.38. The molecule has 1 saturated heterocycles. The summed E-state index contributed by atoms with van der Waals surface area (Å²) in [6.07, 6.45) is 1.68. The quantitative estimate of drug-likeness (QED) is 0.857. The molecule has 0 aromatic heterocycles. The molecule has 1 aliphatic heterocycles. The van der Waals surface area contributed by atoms with E-state index in [0.717, 1.165) is 31.5 Å². The van der Waals surface area contributed by atoms with Crippen LogP contribution in [0, 0.1) is 0 Å². The van der Waals surface area contributed by atoms with E-state index >= 15 is 0 Å². The van der Waals surface area contributed by atoms with Crippen molar-refractivity contribution in [3.8, 4) is 0 Å². The summed E-state index contributed by atoms with van der Waals surface area (Å²) in [5.74, 6) is 0.224. The van der Waals surface area contributed by atoms with Crippen molar-refractivity contribution in [2.75, 3.05) is 13.1 Å². The summed E-state index contributed by atoms with van der Waals surface area (Å²) in [7, 11) is 0. The molecule has 1 aromatic rings. The SMILES string of the molecule is CC(=O)C1(c2ccccc2Cl)CCNCC1. The molecule has 0 unspecified atom stereocenters. The molecule has 0 radical (unpaired) electrons. The Morgan fingerprint density at radius 1 is 1.31 bits per heavy atom. The van der Waals surface area contributed by atoms with Crippen molar-refractivity contribution in [1.82, 2.24) is 5.32 Å². The Labute approximate surface area is 101 Å². The Bertz CT molecular complexity index is 397. The van der Waals surface area contributed by atoms with E-state index in [1.54, 1.807) is 6.92 Å². The smallest absolute Gasteiger partial charge is 0.140 e. The first-order valence-electron chi connectivity index (χ1n) is 5.63.